The van der Waals surface area contributed by atoms with Crippen LogP contribution < -0.4 is 4.72 Å². The molecule has 0 fully saturated rings. The van der Waals surface area contributed by atoms with Crippen LogP contribution >= 0.6 is 0 Å². The summed E-state index contributed by atoms with van der Waals surface area (Å²) in [6, 6.07) is 8.34. The lowest BCUT2D eigenvalue weighted by molar-refractivity contribution is 0.504. The third-order valence-corrected chi connectivity index (χ3v) is 4.67. The standard InChI is InChI=1S/C14H18N2O2S/c1-16-13-6-4-3-5-11(13)12-9-10(7-8-14(12)16)15-19(2,17)18/h3-6,10,15H,7-9H2,1-2H3. The first-order valence-corrected chi connectivity index (χ1v) is 8.37. The smallest absolute Gasteiger partial charge is 0.208 e. The van der Waals surface area contributed by atoms with Gasteiger partial charge in [0.15, 0.2) is 0 Å². The van der Waals surface area contributed by atoms with Gasteiger partial charge in [0.2, 0.25) is 10.0 Å². The number of para-hydroxylation sites is 1. The Bertz CT molecular complexity index is 731. The topological polar surface area (TPSA) is 51.1 Å². The van der Waals surface area contributed by atoms with Crippen molar-refractivity contribution in [3.63, 3.8) is 0 Å². The fourth-order valence-corrected chi connectivity index (χ4v) is 3.94. The fraction of sp³-hybridized carbons (Fsp3) is 0.429. The van der Waals surface area contributed by atoms with Gasteiger partial charge in [-0.3, -0.25) is 0 Å². The zero-order valence-electron chi connectivity index (χ0n) is 11.2. The van der Waals surface area contributed by atoms with Crippen molar-refractivity contribution in [2.24, 2.45) is 7.05 Å². The van der Waals surface area contributed by atoms with Crippen LogP contribution in [0.4, 0.5) is 0 Å². The maximum atomic E-state index is 11.4. The van der Waals surface area contributed by atoms with Crippen molar-refractivity contribution in [3.8, 4) is 0 Å². The Balaban J connectivity index is 2.03. The molecule has 3 rings (SSSR count). The van der Waals surface area contributed by atoms with Crippen LogP contribution in [0.3, 0.4) is 0 Å². The van der Waals surface area contributed by atoms with Crippen molar-refractivity contribution in [2.45, 2.75) is 25.3 Å². The SMILES string of the molecule is Cn1c2c(c3ccccc31)CC(NS(C)(=O)=O)CC2. The minimum absolute atomic E-state index is 0.0216. The predicted octanol–water partition coefficient (Wildman–Crippen LogP) is 1.58. The maximum Gasteiger partial charge on any atom is 0.208 e. The Hall–Kier alpha value is -1.33. The third kappa shape index (κ3) is 2.28. The number of fused-ring (bicyclic) bond motifs is 3. The summed E-state index contributed by atoms with van der Waals surface area (Å²) in [6.07, 6.45) is 3.80. The van der Waals surface area contributed by atoms with Crippen LogP contribution in [0, 0.1) is 0 Å². The van der Waals surface area contributed by atoms with Gasteiger partial charge in [0.05, 0.1) is 6.26 Å². The number of aryl methyl sites for hydroxylation is 1. The monoisotopic (exact) mass is 278 g/mol. The second kappa shape index (κ2) is 4.35. The molecular weight excluding hydrogens is 260 g/mol. The quantitative estimate of drug-likeness (QED) is 0.907. The van der Waals surface area contributed by atoms with E-state index < -0.39 is 10.0 Å². The molecule has 1 heterocycles. The molecule has 0 bridgehead atoms. The van der Waals surface area contributed by atoms with Crippen LogP contribution in [0.1, 0.15) is 17.7 Å². The van der Waals surface area contributed by atoms with Gasteiger partial charge in [-0.05, 0) is 30.9 Å². The summed E-state index contributed by atoms with van der Waals surface area (Å²) in [7, 11) is -1.04. The van der Waals surface area contributed by atoms with Crippen LogP contribution in [-0.2, 0) is 29.9 Å². The van der Waals surface area contributed by atoms with Crippen molar-refractivity contribution in [2.75, 3.05) is 6.26 Å². The molecule has 1 atom stereocenters. The summed E-state index contributed by atoms with van der Waals surface area (Å²) in [5.74, 6) is 0. The summed E-state index contributed by atoms with van der Waals surface area (Å²) >= 11 is 0. The number of nitrogens with one attached hydrogen (secondary N) is 1. The normalized spacial score (nSPS) is 19.6. The Morgan fingerprint density at radius 3 is 2.79 bits per heavy atom. The van der Waals surface area contributed by atoms with Gasteiger partial charge in [0.1, 0.15) is 0 Å². The van der Waals surface area contributed by atoms with Gasteiger partial charge < -0.3 is 4.57 Å². The van der Waals surface area contributed by atoms with Gasteiger partial charge in [-0.2, -0.15) is 0 Å². The Kier molecular flexibility index (Phi) is 2.91. The maximum absolute atomic E-state index is 11.4. The van der Waals surface area contributed by atoms with E-state index in [0.717, 1.165) is 19.3 Å². The van der Waals surface area contributed by atoms with Crippen molar-refractivity contribution >= 4 is 20.9 Å². The van der Waals surface area contributed by atoms with E-state index >= 15 is 0 Å². The molecule has 0 amide bonds. The van der Waals surface area contributed by atoms with Gasteiger partial charge >= 0.3 is 0 Å². The molecule has 4 nitrogen and oxygen atoms in total. The summed E-state index contributed by atoms with van der Waals surface area (Å²) < 4.78 is 27.7. The fourth-order valence-electron chi connectivity index (χ4n) is 3.13. The van der Waals surface area contributed by atoms with Crippen LogP contribution in [0.25, 0.3) is 10.9 Å². The number of aromatic nitrogens is 1. The number of benzene rings is 1. The van der Waals surface area contributed by atoms with E-state index in [0.29, 0.717) is 0 Å². The molecule has 5 heteroatoms. The zero-order chi connectivity index (χ0) is 13.6. The predicted molar refractivity (Wildman–Crippen MR) is 76.7 cm³/mol. The highest BCUT2D eigenvalue weighted by Gasteiger charge is 2.25. The lowest BCUT2D eigenvalue weighted by Crippen LogP contribution is -2.38. The van der Waals surface area contributed by atoms with Crippen molar-refractivity contribution in [3.05, 3.63) is 35.5 Å². The van der Waals surface area contributed by atoms with Crippen molar-refractivity contribution in [1.29, 1.82) is 0 Å². The summed E-state index contributed by atoms with van der Waals surface area (Å²) in [5.41, 5.74) is 3.87. The molecule has 2 aromatic rings. The molecule has 1 N–H and O–H groups in total. The molecule has 0 radical (unpaired) electrons. The van der Waals surface area contributed by atoms with Gasteiger partial charge in [0.25, 0.3) is 0 Å². The second-order valence-corrected chi connectivity index (χ2v) is 7.11. The second-order valence-electron chi connectivity index (χ2n) is 5.33. The highest BCUT2D eigenvalue weighted by molar-refractivity contribution is 7.88. The molecule has 0 saturated heterocycles. The molecule has 0 spiro atoms. The van der Waals surface area contributed by atoms with Gasteiger partial charge in [-0.1, -0.05) is 18.2 Å². The first-order chi connectivity index (χ1) is 8.96. The van der Waals surface area contributed by atoms with E-state index in [9.17, 15) is 8.42 Å². The number of hydrogen-bond acceptors (Lipinski definition) is 2. The number of nitrogens with zero attached hydrogens (tertiary/aromatic N) is 1. The molecule has 1 aliphatic rings. The number of hydrogen-bond donors (Lipinski definition) is 1. The highest BCUT2D eigenvalue weighted by atomic mass is 32.2. The minimum Gasteiger partial charge on any atom is -0.347 e. The minimum atomic E-state index is -3.13. The lowest BCUT2D eigenvalue weighted by atomic mass is 9.92. The van der Waals surface area contributed by atoms with Crippen LogP contribution in [0.5, 0.6) is 0 Å². The van der Waals surface area contributed by atoms with Crippen molar-refractivity contribution < 1.29 is 8.42 Å². The molecule has 1 aliphatic carbocycles. The van der Waals surface area contributed by atoms with E-state index in [4.69, 9.17) is 0 Å². The molecule has 102 valence electrons. The molecule has 1 aromatic carbocycles. The summed E-state index contributed by atoms with van der Waals surface area (Å²) in [6.45, 7) is 0. The first kappa shape index (κ1) is 12.7. The average molecular weight is 278 g/mol. The highest BCUT2D eigenvalue weighted by Crippen LogP contribution is 2.31. The molecule has 1 aromatic heterocycles. The molecule has 1 unspecified atom stereocenters. The van der Waals surface area contributed by atoms with E-state index in [-0.39, 0.29) is 6.04 Å². The van der Waals surface area contributed by atoms with Crippen LogP contribution in [0.2, 0.25) is 0 Å². The Labute approximate surface area is 113 Å². The van der Waals surface area contributed by atoms with Gasteiger partial charge in [-0.25, -0.2) is 13.1 Å². The molecular formula is C14H18N2O2S. The van der Waals surface area contributed by atoms with Crippen LogP contribution in [0.15, 0.2) is 24.3 Å². The van der Waals surface area contributed by atoms with E-state index in [1.54, 1.807) is 0 Å². The third-order valence-electron chi connectivity index (χ3n) is 3.90. The Morgan fingerprint density at radius 2 is 2.05 bits per heavy atom. The first-order valence-electron chi connectivity index (χ1n) is 6.48. The summed E-state index contributed by atoms with van der Waals surface area (Å²) in [5, 5.41) is 1.25. The zero-order valence-corrected chi connectivity index (χ0v) is 12.0. The molecule has 0 saturated carbocycles. The number of sulfonamides is 1. The van der Waals surface area contributed by atoms with Crippen molar-refractivity contribution in [1.82, 2.24) is 9.29 Å². The lowest BCUT2D eigenvalue weighted by Gasteiger charge is -2.23. The van der Waals surface area contributed by atoms with E-state index in [1.807, 2.05) is 12.1 Å². The Morgan fingerprint density at radius 1 is 1.32 bits per heavy atom. The summed E-state index contributed by atoms with van der Waals surface area (Å²) in [4.78, 5) is 0. The van der Waals surface area contributed by atoms with Crippen LogP contribution in [-0.4, -0.2) is 25.3 Å². The average Bonchev–Trinajstić information content (AvgIpc) is 2.62. The van der Waals surface area contributed by atoms with E-state index in [2.05, 4.69) is 28.5 Å². The molecule has 19 heavy (non-hydrogen) atoms. The van der Waals surface area contributed by atoms with Gasteiger partial charge in [-0.15, -0.1) is 0 Å². The van der Waals surface area contributed by atoms with Gasteiger partial charge in [0, 0.05) is 29.7 Å². The molecule has 0 aliphatic heterocycles. The largest absolute Gasteiger partial charge is 0.347 e. The number of rotatable bonds is 2. The van der Waals surface area contributed by atoms with E-state index in [1.165, 1.54) is 28.4 Å².